The monoisotopic (exact) mass is 422 g/mol. The fraction of sp³-hybridized carbons (Fsp3) is 0.562. The maximum atomic E-state index is 12.8. The van der Waals surface area contributed by atoms with Crippen molar-refractivity contribution in [1.82, 2.24) is 15.5 Å². The van der Waals surface area contributed by atoms with Crippen LogP contribution < -0.4 is 10.6 Å². The molecular weight excluding hydrogens is 394 g/mol. The molecule has 6 heteroatoms. The number of aliphatic imine (C=N–C) groups is 1. The van der Waals surface area contributed by atoms with Crippen molar-refractivity contribution >= 4 is 29.9 Å². The summed E-state index contributed by atoms with van der Waals surface area (Å²) < 4.78 is 12.8. The lowest BCUT2D eigenvalue weighted by molar-refractivity contribution is 0.331. The van der Waals surface area contributed by atoms with Crippen molar-refractivity contribution in [1.29, 1.82) is 0 Å². The number of hydrogen-bond donors (Lipinski definition) is 2. The number of rotatable bonds is 8. The van der Waals surface area contributed by atoms with E-state index >= 15 is 0 Å². The van der Waals surface area contributed by atoms with Crippen molar-refractivity contribution in [3.63, 3.8) is 0 Å². The van der Waals surface area contributed by atoms with E-state index in [1.807, 2.05) is 12.1 Å². The van der Waals surface area contributed by atoms with E-state index in [1.54, 1.807) is 7.05 Å². The molecule has 0 fully saturated rings. The molecule has 0 saturated carbocycles. The Morgan fingerprint density at radius 1 is 1.18 bits per heavy atom. The van der Waals surface area contributed by atoms with Crippen LogP contribution in [0.25, 0.3) is 0 Å². The average Bonchev–Trinajstić information content (AvgIpc) is 2.48. The van der Waals surface area contributed by atoms with Gasteiger partial charge in [0.2, 0.25) is 0 Å². The fourth-order valence-electron chi connectivity index (χ4n) is 1.95. The van der Waals surface area contributed by atoms with Crippen LogP contribution in [0.15, 0.2) is 29.3 Å². The van der Waals surface area contributed by atoms with Gasteiger partial charge < -0.3 is 15.5 Å². The normalized spacial score (nSPS) is 11.2. The van der Waals surface area contributed by atoms with Gasteiger partial charge in [0.05, 0.1) is 0 Å². The predicted molar refractivity (Wildman–Crippen MR) is 102 cm³/mol. The zero-order chi connectivity index (χ0) is 15.5. The molecule has 0 aliphatic heterocycles. The first-order valence-electron chi connectivity index (χ1n) is 7.53. The van der Waals surface area contributed by atoms with E-state index in [0.29, 0.717) is 0 Å². The van der Waals surface area contributed by atoms with Gasteiger partial charge >= 0.3 is 0 Å². The first kappa shape index (κ1) is 21.1. The molecule has 4 nitrogen and oxygen atoms in total. The van der Waals surface area contributed by atoms with Gasteiger partial charge in [0.1, 0.15) is 5.82 Å². The Morgan fingerprint density at radius 3 is 2.41 bits per heavy atom. The summed E-state index contributed by atoms with van der Waals surface area (Å²) in [6.07, 6.45) is 2.32. The highest BCUT2D eigenvalue weighted by Crippen LogP contribution is 2.04. The third kappa shape index (κ3) is 9.19. The molecule has 0 heterocycles. The molecule has 0 aliphatic rings. The molecule has 0 bridgehead atoms. The van der Waals surface area contributed by atoms with Crippen LogP contribution in [-0.2, 0) is 6.54 Å². The summed E-state index contributed by atoms with van der Waals surface area (Å²) in [4.78, 5) is 6.38. The molecule has 0 aliphatic carbocycles. The second-order valence-electron chi connectivity index (χ2n) is 5.14. The number of nitrogens with zero attached hydrogens (tertiary/aromatic N) is 2. The number of nitrogens with one attached hydrogen (secondary N) is 2. The van der Waals surface area contributed by atoms with Gasteiger partial charge in [-0.15, -0.1) is 24.0 Å². The van der Waals surface area contributed by atoms with Crippen LogP contribution in [0.4, 0.5) is 4.39 Å². The zero-order valence-electron chi connectivity index (χ0n) is 13.7. The van der Waals surface area contributed by atoms with Gasteiger partial charge in [0, 0.05) is 33.2 Å². The summed E-state index contributed by atoms with van der Waals surface area (Å²) >= 11 is 0. The Kier molecular flexibility index (Phi) is 12.1. The molecule has 2 N–H and O–H groups in total. The molecule has 1 rings (SSSR count). The van der Waals surface area contributed by atoms with Gasteiger partial charge in [-0.1, -0.05) is 25.5 Å². The van der Waals surface area contributed by atoms with E-state index in [4.69, 9.17) is 0 Å². The van der Waals surface area contributed by atoms with Gasteiger partial charge in [0.25, 0.3) is 0 Å². The summed E-state index contributed by atoms with van der Waals surface area (Å²) in [6.45, 7) is 5.64. The summed E-state index contributed by atoms with van der Waals surface area (Å²) in [6, 6.07) is 6.65. The SMILES string of the molecule is CCCCNC(=NC)NCCN(C)Cc1ccc(F)cc1.I. The first-order valence-corrected chi connectivity index (χ1v) is 7.53. The van der Waals surface area contributed by atoms with E-state index in [0.717, 1.165) is 44.1 Å². The first-order chi connectivity index (χ1) is 10.2. The van der Waals surface area contributed by atoms with Gasteiger partial charge in [-0.2, -0.15) is 0 Å². The third-order valence-electron chi connectivity index (χ3n) is 3.20. The molecule has 0 unspecified atom stereocenters. The number of guanidine groups is 1. The Bertz CT molecular complexity index is 423. The summed E-state index contributed by atoms with van der Waals surface area (Å²) in [7, 11) is 3.84. The van der Waals surface area contributed by atoms with Crippen LogP contribution >= 0.6 is 24.0 Å². The van der Waals surface area contributed by atoms with Crippen LogP contribution in [0.3, 0.4) is 0 Å². The van der Waals surface area contributed by atoms with Crippen LogP contribution in [0, 0.1) is 5.82 Å². The maximum Gasteiger partial charge on any atom is 0.191 e. The Balaban J connectivity index is 0.00000441. The topological polar surface area (TPSA) is 39.7 Å². The highest BCUT2D eigenvalue weighted by molar-refractivity contribution is 14.0. The van der Waals surface area contributed by atoms with Gasteiger partial charge in [-0.25, -0.2) is 4.39 Å². The molecule has 0 radical (unpaired) electrons. The van der Waals surface area contributed by atoms with Crippen molar-refractivity contribution < 1.29 is 4.39 Å². The largest absolute Gasteiger partial charge is 0.356 e. The van der Waals surface area contributed by atoms with Crippen LogP contribution in [-0.4, -0.2) is 44.6 Å². The maximum absolute atomic E-state index is 12.8. The van der Waals surface area contributed by atoms with Crippen molar-refractivity contribution in [3.8, 4) is 0 Å². The van der Waals surface area contributed by atoms with E-state index in [-0.39, 0.29) is 29.8 Å². The minimum atomic E-state index is -0.190. The molecule has 0 atom stereocenters. The van der Waals surface area contributed by atoms with Crippen LogP contribution in [0.1, 0.15) is 25.3 Å². The fourth-order valence-corrected chi connectivity index (χ4v) is 1.95. The van der Waals surface area contributed by atoms with Crippen LogP contribution in [0.5, 0.6) is 0 Å². The molecule has 0 saturated heterocycles. The second kappa shape index (κ2) is 12.6. The highest BCUT2D eigenvalue weighted by Gasteiger charge is 2.02. The number of likely N-dealkylation sites (N-methyl/N-ethyl adjacent to an activating group) is 1. The molecule has 1 aromatic rings. The minimum Gasteiger partial charge on any atom is -0.356 e. The molecule has 0 amide bonds. The lowest BCUT2D eigenvalue weighted by atomic mass is 10.2. The quantitative estimate of drug-likeness (QED) is 0.293. The summed E-state index contributed by atoms with van der Waals surface area (Å²) in [5.74, 6) is 0.656. The van der Waals surface area contributed by atoms with E-state index < -0.39 is 0 Å². The van der Waals surface area contributed by atoms with Gasteiger partial charge in [-0.05, 0) is 31.2 Å². The number of unbranched alkanes of at least 4 members (excludes halogenated alkanes) is 1. The van der Waals surface area contributed by atoms with Crippen molar-refractivity contribution in [3.05, 3.63) is 35.6 Å². The molecule has 22 heavy (non-hydrogen) atoms. The standard InChI is InChI=1S/C16H27FN4.HI/c1-4-5-10-19-16(18-2)20-11-12-21(3)13-14-6-8-15(17)9-7-14;/h6-9H,4-5,10-13H2,1-3H3,(H2,18,19,20);1H. The second-order valence-corrected chi connectivity index (χ2v) is 5.14. The molecule has 1 aromatic carbocycles. The smallest absolute Gasteiger partial charge is 0.191 e. The minimum absolute atomic E-state index is 0. The molecule has 0 aromatic heterocycles. The Labute approximate surface area is 150 Å². The number of hydrogen-bond acceptors (Lipinski definition) is 2. The third-order valence-corrected chi connectivity index (χ3v) is 3.20. The van der Waals surface area contributed by atoms with Gasteiger partial charge in [-0.3, -0.25) is 4.99 Å². The van der Waals surface area contributed by atoms with Crippen molar-refractivity contribution in [2.24, 2.45) is 4.99 Å². The van der Waals surface area contributed by atoms with E-state index in [1.165, 1.54) is 18.6 Å². The highest BCUT2D eigenvalue weighted by atomic mass is 127. The predicted octanol–water partition coefficient (Wildman–Crippen LogP) is 2.84. The van der Waals surface area contributed by atoms with Crippen LogP contribution in [0.2, 0.25) is 0 Å². The number of halogens is 2. The Morgan fingerprint density at radius 2 is 1.82 bits per heavy atom. The zero-order valence-corrected chi connectivity index (χ0v) is 16.1. The average molecular weight is 422 g/mol. The lowest BCUT2D eigenvalue weighted by Gasteiger charge is -2.18. The van der Waals surface area contributed by atoms with E-state index in [2.05, 4.69) is 34.5 Å². The molecular formula is C16H28FIN4. The molecule has 126 valence electrons. The summed E-state index contributed by atoms with van der Waals surface area (Å²) in [5.41, 5.74) is 1.12. The van der Waals surface area contributed by atoms with E-state index in [9.17, 15) is 4.39 Å². The van der Waals surface area contributed by atoms with Crippen molar-refractivity contribution in [2.45, 2.75) is 26.3 Å². The van der Waals surface area contributed by atoms with Gasteiger partial charge in [0.15, 0.2) is 5.96 Å². The summed E-state index contributed by atoms with van der Waals surface area (Å²) in [5, 5.41) is 6.57. The molecule has 0 spiro atoms. The number of benzene rings is 1. The lowest BCUT2D eigenvalue weighted by Crippen LogP contribution is -2.41. The Hall–Kier alpha value is -0.890. The van der Waals surface area contributed by atoms with Crippen molar-refractivity contribution in [2.75, 3.05) is 33.7 Å².